The second kappa shape index (κ2) is 6.63. The third kappa shape index (κ3) is 2.94. The van der Waals surface area contributed by atoms with E-state index in [4.69, 9.17) is 0 Å². The molecule has 0 bridgehead atoms. The molecule has 1 saturated carbocycles. The summed E-state index contributed by atoms with van der Waals surface area (Å²) in [6.45, 7) is 10.2. The quantitative estimate of drug-likeness (QED) is 0.576. The van der Waals surface area contributed by atoms with E-state index in [1.165, 1.54) is 4.90 Å². The van der Waals surface area contributed by atoms with Crippen molar-refractivity contribution in [1.82, 2.24) is 9.80 Å². The summed E-state index contributed by atoms with van der Waals surface area (Å²) in [4.78, 5) is 40.6. The van der Waals surface area contributed by atoms with Gasteiger partial charge in [0.05, 0.1) is 11.8 Å². The number of hydrogen-bond donors (Lipinski definition) is 0. The molecule has 22 heavy (non-hydrogen) atoms. The summed E-state index contributed by atoms with van der Waals surface area (Å²) in [6.07, 6.45) is 3.53. The van der Waals surface area contributed by atoms with Crippen molar-refractivity contribution >= 4 is 17.7 Å². The Morgan fingerprint density at radius 2 is 1.77 bits per heavy atom. The maximum Gasteiger partial charge on any atom is 0.245 e. The molecule has 2 rings (SSSR count). The van der Waals surface area contributed by atoms with Gasteiger partial charge >= 0.3 is 0 Å². The van der Waals surface area contributed by atoms with Gasteiger partial charge in [0.25, 0.3) is 0 Å². The van der Waals surface area contributed by atoms with Gasteiger partial charge in [0, 0.05) is 13.1 Å². The summed E-state index contributed by atoms with van der Waals surface area (Å²) in [5, 5.41) is 0. The van der Waals surface area contributed by atoms with Crippen molar-refractivity contribution in [3.05, 3.63) is 12.2 Å². The molecule has 0 spiro atoms. The monoisotopic (exact) mass is 306 g/mol. The van der Waals surface area contributed by atoms with Crippen LogP contribution in [0, 0.1) is 11.8 Å². The number of imide groups is 1. The Bertz CT molecular complexity index is 476. The lowest BCUT2D eigenvalue weighted by Crippen LogP contribution is -2.50. The van der Waals surface area contributed by atoms with E-state index in [1.54, 1.807) is 11.8 Å². The minimum atomic E-state index is -0.718. The van der Waals surface area contributed by atoms with Crippen LogP contribution in [0.3, 0.4) is 0 Å². The van der Waals surface area contributed by atoms with Gasteiger partial charge in [-0.3, -0.25) is 19.3 Å². The maximum atomic E-state index is 12.6. The Morgan fingerprint density at radius 1 is 1.27 bits per heavy atom. The number of fused-ring (bicyclic) bond motifs is 1. The van der Waals surface area contributed by atoms with E-state index < -0.39 is 6.04 Å². The SMILES string of the molecule is C=C(C)CN(CC)C(=O)[C@H](C)N1C(=O)[C@H]2CCCC[C@@H]2C1=O. The van der Waals surface area contributed by atoms with Crippen molar-refractivity contribution in [3.63, 3.8) is 0 Å². The van der Waals surface area contributed by atoms with Crippen molar-refractivity contribution in [2.75, 3.05) is 13.1 Å². The van der Waals surface area contributed by atoms with Gasteiger partial charge in [-0.1, -0.05) is 25.0 Å². The van der Waals surface area contributed by atoms with Crippen molar-refractivity contribution in [2.45, 2.75) is 52.5 Å². The molecule has 1 aliphatic carbocycles. The number of likely N-dealkylation sites (N-methyl/N-ethyl adjacent to an activating group) is 1. The predicted octanol–water partition coefficient (Wildman–Crippen LogP) is 1.97. The molecule has 0 aromatic carbocycles. The maximum absolute atomic E-state index is 12.6. The lowest BCUT2D eigenvalue weighted by atomic mass is 9.81. The van der Waals surface area contributed by atoms with Crippen LogP contribution in [0.5, 0.6) is 0 Å². The molecule has 1 heterocycles. The molecule has 1 saturated heterocycles. The van der Waals surface area contributed by atoms with Crippen LogP contribution in [0.25, 0.3) is 0 Å². The van der Waals surface area contributed by atoms with E-state index in [9.17, 15) is 14.4 Å². The fourth-order valence-corrected chi connectivity index (χ4v) is 3.62. The van der Waals surface area contributed by atoms with Crippen LogP contribution < -0.4 is 0 Å². The van der Waals surface area contributed by atoms with Crippen molar-refractivity contribution < 1.29 is 14.4 Å². The van der Waals surface area contributed by atoms with Crippen LogP contribution in [0.2, 0.25) is 0 Å². The van der Waals surface area contributed by atoms with Crippen molar-refractivity contribution in [3.8, 4) is 0 Å². The zero-order valence-electron chi connectivity index (χ0n) is 13.8. The van der Waals surface area contributed by atoms with Crippen LogP contribution >= 0.6 is 0 Å². The minimum Gasteiger partial charge on any atom is -0.337 e. The number of rotatable bonds is 5. The minimum absolute atomic E-state index is 0.151. The van der Waals surface area contributed by atoms with Gasteiger partial charge in [-0.25, -0.2) is 0 Å². The molecule has 0 aromatic heterocycles. The number of carbonyl (C=O) groups is 3. The third-order valence-corrected chi connectivity index (χ3v) is 4.77. The zero-order chi connectivity index (χ0) is 16.4. The Hall–Kier alpha value is -1.65. The first-order valence-electron chi connectivity index (χ1n) is 8.18. The van der Waals surface area contributed by atoms with Gasteiger partial charge < -0.3 is 4.90 Å². The highest BCUT2D eigenvalue weighted by atomic mass is 16.2. The Labute approximate surface area is 132 Å². The number of likely N-dealkylation sites (tertiary alicyclic amines) is 1. The fourth-order valence-electron chi connectivity index (χ4n) is 3.62. The van der Waals surface area contributed by atoms with Gasteiger partial charge in [-0.05, 0) is 33.6 Å². The molecular weight excluding hydrogens is 280 g/mol. The molecule has 122 valence electrons. The highest BCUT2D eigenvalue weighted by Crippen LogP contribution is 2.38. The van der Waals surface area contributed by atoms with Crippen molar-refractivity contribution in [1.29, 1.82) is 0 Å². The topological polar surface area (TPSA) is 57.7 Å². The molecule has 1 aliphatic heterocycles. The van der Waals surface area contributed by atoms with Crippen LogP contribution in [-0.4, -0.2) is 46.7 Å². The average Bonchev–Trinajstić information content (AvgIpc) is 2.75. The van der Waals surface area contributed by atoms with Crippen molar-refractivity contribution in [2.24, 2.45) is 11.8 Å². The first kappa shape index (κ1) is 16.7. The third-order valence-electron chi connectivity index (χ3n) is 4.77. The number of nitrogens with zero attached hydrogens (tertiary/aromatic N) is 2. The molecule has 2 aliphatic rings. The standard InChI is InChI=1S/C17H26N2O3/c1-5-18(10-11(2)3)15(20)12(4)19-16(21)13-8-6-7-9-14(13)17(19)22/h12-14H,2,5-10H2,1,3-4H3/t12-,13-,14-/m0/s1. The highest BCUT2D eigenvalue weighted by molar-refractivity contribution is 6.08. The summed E-state index contributed by atoms with van der Waals surface area (Å²) >= 11 is 0. The van der Waals surface area contributed by atoms with E-state index in [2.05, 4.69) is 6.58 Å². The summed E-state index contributed by atoms with van der Waals surface area (Å²) in [5.74, 6) is -0.880. The largest absolute Gasteiger partial charge is 0.337 e. The zero-order valence-corrected chi connectivity index (χ0v) is 13.8. The van der Waals surface area contributed by atoms with E-state index in [0.717, 1.165) is 31.3 Å². The lowest BCUT2D eigenvalue weighted by molar-refractivity contribution is -0.150. The highest BCUT2D eigenvalue weighted by Gasteiger charge is 2.51. The lowest BCUT2D eigenvalue weighted by Gasteiger charge is -2.29. The normalized spacial score (nSPS) is 25.9. The Balaban J connectivity index is 2.15. The predicted molar refractivity (Wildman–Crippen MR) is 83.8 cm³/mol. The summed E-state index contributed by atoms with van der Waals surface area (Å²) in [6, 6.07) is -0.718. The van der Waals surface area contributed by atoms with E-state index >= 15 is 0 Å². The Kier molecular flexibility index (Phi) is 5.04. The number of carbonyl (C=O) groups excluding carboxylic acids is 3. The van der Waals surface area contributed by atoms with E-state index in [1.807, 2.05) is 13.8 Å². The first-order chi connectivity index (χ1) is 10.4. The van der Waals surface area contributed by atoms with E-state index in [-0.39, 0.29) is 29.6 Å². The second-order valence-corrected chi connectivity index (χ2v) is 6.53. The number of hydrogen-bond acceptors (Lipinski definition) is 3. The van der Waals surface area contributed by atoms with Gasteiger partial charge in [0.2, 0.25) is 17.7 Å². The van der Waals surface area contributed by atoms with E-state index in [0.29, 0.717) is 13.1 Å². The molecule has 0 unspecified atom stereocenters. The molecule has 0 N–H and O–H groups in total. The van der Waals surface area contributed by atoms with Gasteiger partial charge in [-0.2, -0.15) is 0 Å². The number of amides is 3. The fraction of sp³-hybridized carbons (Fsp3) is 0.706. The average molecular weight is 306 g/mol. The van der Waals surface area contributed by atoms with Gasteiger partial charge in [0.1, 0.15) is 6.04 Å². The summed E-state index contributed by atoms with van der Waals surface area (Å²) < 4.78 is 0. The molecule has 2 fully saturated rings. The van der Waals surface area contributed by atoms with Crippen LogP contribution in [0.4, 0.5) is 0 Å². The molecule has 5 heteroatoms. The molecule has 0 aromatic rings. The Morgan fingerprint density at radius 3 is 2.18 bits per heavy atom. The molecule has 0 radical (unpaired) electrons. The molecule has 3 amide bonds. The van der Waals surface area contributed by atoms with Crippen LogP contribution in [0.15, 0.2) is 12.2 Å². The smallest absolute Gasteiger partial charge is 0.245 e. The molecular formula is C17H26N2O3. The summed E-state index contributed by atoms with van der Waals surface area (Å²) in [5.41, 5.74) is 0.884. The summed E-state index contributed by atoms with van der Waals surface area (Å²) in [7, 11) is 0. The first-order valence-corrected chi connectivity index (χ1v) is 8.18. The molecule has 3 atom stereocenters. The van der Waals surface area contributed by atoms with Gasteiger partial charge in [0.15, 0.2) is 0 Å². The molecule has 5 nitrogen and oxygen atoms in total. The van der Waals surface area contributed by atoms with Crippen LogP contribution in [0.1, 0.15) is 46.5 Å². The second-order valence-electron chi connectivity index (χ2n) is 6.53. The van der Waals surface area contributed by atoms with Gasteiger partial charge in [-0.15, -0.1) is 0 Å². The van der Waals surface area contributed by atoms with Crippen LogP contribution in [-0.2, 0) is 14.4 Å².